The van der Waals surface area contributed by atoms with Gasteiger partial charge in [-0.2, -0.15) is 0 Å². The van der Waals surface area contributed by atoms with Gasteiger partial charge in [0.25, 0.3) is 5.91 Å². The standard InChI is InChI=1S/C14H23N3O/c1-3-5-12(7-8-15)10-17-14(18)13-6-4-9-16-11(13)2/h4,6,9,12H,3,5,7-8,10,15H2,1-2H3,(H,17,18). The van der Waals surface area contributed by atoms with Gasteiger partial charge in [-0.3, -0.25) is 9.78 Å². The van der Waals surface area contributed by atoms with Gasteiger partial charge in [0.05, 0.1) is 5.56 Å². The fourth-order valence-electron chi connectivity index (χ4n) is 2.05. The lowest BCUT2D eigenvalue weighted by molar-refractivity contribution is 0.0944. The van der Waals surface area contributed by atoms with Crippen LogP contribution in [0.5, 0.6) is 0 Å². The highest BCUT2D eigenvalue weighted by Crippen LogP contribution is 2.10. The smallest absolute Gasteiger partial charge is 0.253 e. The Balaban J connectivity index is 2.52. The Morgan fingerprint density at radius 2 is 2.28 bits per heavy atom. The molecule has 0 saturated heterocycles. The zero-order chi connectivity index (χ0) is 13.4. The second kappa shape index (κ2) is 7.82. The minimum absolute atomic E-state index is 0.0428. The molecule has 4 nitrogen and oxygen atoms in total. The van der Waals surface area contributed by atoms with E-state index in [-0.39, 0.29) is 5.91 Å². The molecule has 1 rings (SSSR count). The van der Waals surface area contributed by atoms with Crippen LogP contribution in [-0.4, -0.2) is 24.0 Å². The highest BCUT2D eigenvalue weighted by Gasteiger charge is 2.12. The molecule has 0 aliphatic carbocycles. The number of nitrogens with one attached hydrogen (secondary N) is 1. The van der Waals surface area contributed by atoms with E-state index in [4.69, 9.17) is 5.73 Å². The van der Waals surface area contributed by atoms with Crippen LogP contribution in [0, 0.1) is 12.8 Å². The van der Waals surface area contributed by atoms with Gasteiger partial charge in [0.2, 0.25) is 0 Å². The summed E-state index contributed by atoms with van der Waals surface area (Å²) in [4.78, 5) is 16.1. The lowest BCUT2D eigenvalue weighted by Gasteiger charge is -2.16. The highest BCUT2D eigenvalue weighted by molar-refractivity contribution is 5.95. The van der Waals surface area contributed by atoms with E-state index >= 15 is 0 Å². The first-order valence-corrected chi connectivity index (χ1v) is 6.58. The Morgan fingerprint density at radius 3 is 2.89 bits per heavy atom. The molecule has 0 bridgehead atoms. The molecule has 18 heavy (non-hydrogen) atoms. The topological polar surface area (TPSA) is 68.0 Å². The molecule has 100 valence electrons. The van der Waals surface area contributed by atoms with Gasteiger partial charge >= 0.3 is 0 Å². The van der Waals surface area contributed by atoms with Crippen molar-refractivity contribution in [3.05, 3.63) is 29.6 Å². The fraction of sp³-hybridized carbons (Fsp3) is 0.571. The van der Waals surface area contributed by atoms with E-state index in [9.17, 15) is 4.79 Å². The lowest BCUT2D eigenvalue weighted by atomic mass is 9.99. The predicted octanol–water partition coefficient (Wildman–Crippen LogP) is 1.88. The van der Waals surface area contributed by atoms with Gasteiger partial charge in [-0.1, -0.05) is 13.3 Å². The first kappa shape index (κ1) is 14.6. The third kappa shape index (κ3) is 4.45. The van der Waals surface area contributed by atoms with E-state index in [0.717, 1.165) is 25.0 Å². The molecule has 1 aromatic rings. The minimum atomic E-state index is -0.0428. The van der Waals surface area contributed by atoms with E-state index in [1.807, 2.05) is 6.92 Å². The number of hydrogen-bond acceptors (Lipinski definition) is 3. The number of rotatable bonds is 7. The summed E-state index contributed by atoms with van der Waals surface area (Å²) in [6.45, 7) is 5.36. The molecule has 0 spiro atoms. The molecule has 0 radical (unpaired) electrons. The van der Waals surface area contributed by atoms with Gasteiger partial charge < -0.3 is 11.1 Å². The summed E-state index contributed by atoms with van der Waals surface area (Å²) in [7, 11) is 0. The number of nitrogens with zero attached hydrogens (tertiary/aromatic N) is 1. The summed E-state index contributed by atoms with van der Waals surface area (Å²) in [5.41, 5.74) is 7.00. The summed E-state index contributed by atoms with van der Waals surface area (Å²) in [6, 6.07) is 3.58. The number of carbonyl (C=O) groups excluding carboxylic acids is 1. The second-order valence-corrected chi connectivity index (χ2v) is 4.58. The van der Waals surface area contributed by atoms with Crippen molar-refractivity contribution >= 4 is 5.91 Å². The van der Waals surface area contributed by atoms with Crippen LogP contribution in [0.3, 0.4) is 0 Å². The van der Waals surface area contributed by atoms with E-state index in [1.165, 1.54) is 0 Å². The van der Waals surface area contributed by atoms with Crippen LogP contribution in [0.1, 0.15) is 42.2 Å². The zero-order valence-corrected chi connectivity index (χ0v) is 11.3. The molecule has 0 aliphatic rings. The Kier molecular flexibility index (Phi) is 6.36. The maximum atomic E-state index is 12.0. The van der Waals surface area contributed by atoms with Gasteiger partial charge in [0.1, 0.15) is 0 Å². The molecular formula is C14H23N3O. The van der Waals surface area contributed by atoms with Crippen molar-refractivity contribution in [2.24, 2.45) is 11.7 Å². The van der Waals surface area contributed by atoms with Gasteiger partial charge in [-0.05, 0) is 44.4 Å². The molecule has 1 atom stereocenters. The van der Waals surface area contributed by atoms with Crippen molar-refractivity contribution in [3.63, 3.8) is 0 Å². The molecule has 1 heterocycles. The van der Waals surface area contributed by atoms with Crippen LogP contribution in [0.25, 0.3) is 0 Å². The molecule has 1 aromatic heterocycles. The first-order valence-electron chi connectivity index (χ1n) is 6.58. The van der Waals surface area contributed by atoms with Crippen LogP contribution >= 0.6 is 0 Å². The molecule has 4 heteroatoms. The molecular weight excluding hydrogens is 226 g/mol. The molecule has 1 amide bonds. The van der Waals surface area contributed by atoms with Crippen LogP contribution in [0.2, 0.25) is 0 Å². The molecule has 1 unspecified atom stereocenters. The normalized spacial score (nSPS) is 12.2. The first-order chi connectivity index (χ1) is 8.69. The Labute approximate surface area is 109 Å². The van der Waals surface area contributed by atoms with Crippen molar-refractivity contribution in [3.8, 4) is 0 Å². The Morgan fingerprint density at radius 1 is 1.50 bits per heavy atom. The van der Waals surface area contributed by atoms with E-state index in [1.54, 1.807) is 18.3 Å². The maximum absolute atomic E-state index is 12.0. The third-order valence-corrected chi connectivity index (χ3v) is 3.07. The number of carbonyl (C=O) groups is 1. The number of nitrogens with two attached hydrogens (primary N) is 1. The lowest BCUT2D eigenvalue weighted by Crippen LogP contribution is -2.30. The van der Waals surface area contributed by atoms with Crippen molar-refractivity contribution in [2.45, 2.75) is 33.1 Å². The highest BCUT2D eigenvalue weighted by atomic mass is 16.1. The number of aromatic nitrogens is 1. The quantitative estimate of drug-likeness (QED) is 0.775. The molecule has 0 aliphatic heterocycles. The molecule has 3 N–H and O–H groups in total. The van der Waals surface area contributed by atoms with Gasteiger partial charge in [0, 0.05) is 18.4 Å². The average molecular weight is 249 g/mol. The van der Waals surface area contributed by atoms with Gasteiger partial charge in [-0.15, -0.1) is 0 Å². The SMILES string of the molecule is CCCC(CCN)CNC(=O)c1cccnc1C. The van der Waals surface area contributed by atoms with Crippen molar-refractivity contribution in [1.82, 2.24) is 10.3 Å². The zero-order valence-electron chi connectivity index (χ0n) is 11.3. The Bertz CT molecular complexity index is 373. The van der Waals surface area contributed by atoms with Crippen molar-refractivity contribution < 1.29 is 4.79 Å². The third-order valence-electron chi connectivity index (χ3n) is 3.07. The van der Waals surface area contributed by atoms with Gasteiger partial charge in [0.15, 0.2) is 0 Å². The molecule has 0 saturated carbocycles. The van der Waals surface area contributed by atoms with Crippen LogP contribution in [-0.2, 0) is 0 Å². The fourth-order valence-corrected chi connectivity index (χ4v) is 2.05. The van der Waals surface area contributed by atoms with Crippen LogP contribution in [0.4, 0.5) is 0 Å². The Hall–Kier alpha value is -1.42. The maximum Gasteiger partial charge on any atom is 0.253 e. The van der Waals surface area contributed by atoms with Crippen LogP contribution in [0.15, 0.2) is 18.3 Å². The summed E-state index contributed by atoms with van der Waals surface area (Å²) in [5, 5.41) is 2.98. The number of hydrogen-bond donors (Lipinski definition) is 2. The largest absolute Gasteiger partial charge is 0.352 e. The minimum Gasteiger partial charge on any atom is -0.352 e. The van der Waals surface area contributed by atoms with E-state index in [0.29, 0.717) is 24.6 Å². The monoisotopic (exact) mass is 249 g/mol. The van der Waals surface area contributed by atoms with E-state index in [2.05, 4.69) is 17.2 Å². The number of amides is 1. The summed E-state index contributed by atoms with van der Waals surface area (Å²) < 4.78 is 0. The molecule has 0 aromatic carbocycles. The molecule has 0 fully saturated rings. The van der Waals surface area contributed by atoms with Crippen LogP contribution < -0.4 is 11.1 Å². The summed E-state index contributed by atoms with van der Waals surface area (Å²) in [5.74, 6) is 0.430. The number of pyridine rings is 1. The van der Waals surface area contributed by atoms with Crippen molar-refractivity contribution in [1.29, 1.82) is 0 Å². The number of aryl methyl sites for hydroxylation is 1. The summed E-state index contributed by atoms with van der Waals surface area (Å²) in [6.07, 6.45) is 4.87. The summed E-state index contributed by atoms with van der Waals surface area (Å²) >= 11 is 0. The van der Waals surface area contributed by atoms with Crippen molar-refractivity contribution in [2.75, 3.05) is 13.1 Å². The second-order valence-electron chi connectivity index (χ2n) is 4.58. The van der Waals surface area contributed by atoms with Gasteiger partial charge in [-0.25, -0.2) is 0 Å². The average Bonchev–Trinajstić information content (AvgIpc) is 2.36. The van der Waals surface area contributed by atoms with E-state index < -0.39 is 0 Å². The predicted molar refractivity (Wildman–Crippen MR) is 73.4 cm³/mol.